The number of rotatable bonds is 5. The molecule has 0 amide bonds. The molecule has 3 rings (SSSR count). The zero-order valence-corrected chi connectivity index (χ0v) is 13.8. The van der Waals surface area contributed by atoms with Crippen LogP contribution in [0.2, 0.25) is 0 Å². The largest absolute Gasteiger partial charge is 0.478 e. The number of fused-ring (bicyclic) bond motifs is 1. The molecule has 0 radical (unpaired) electrons. The van der Waals surface area contributed by atoms with Gasteiger partial charge in [0.2, 0.25) is 0 Å². The van der Waals surface area contributed by atoms with Crippen LogP contribution in [0.1, 0.15) is 29.8 Å². The monoisotopic (exact) mass is 324 g/mol. The molecule has 0 atom stereocenters. The molecular weight excluding hydrogens is 304 g/mol. The van der Waals surface area contributed by atoms with Gasteiger partial charge in [-0.3, -0.25) is 9.13 Å². The predicted octanol–water partition coefficient (Wildman–Crippen LogP) is 3.21. The van der Waals surface area contributed by atoms with Crippen LogP contribution in [0.5, 0.6) is 0 Å². The highest BCUT2D eigenvalue weighted by Crippen LogP contribution is 2.18. The Bertz CT molecular complexity index is 936. The normalized spacial score (nSPS) is 11.3. The van der Waals surface area contributed by atoms with E-state index in [1.54, 1.807) is 27.3 Å². The molecule has 0 aliphatic rings. The molecule has 0 unspecified atom stereocenters. The van der Waals surface area contributed by atoms with Gasteiger partial charge in [-0.05, 0) is 29.7 Å². The first-order valence-electron chi connectivity index (χ1n) is 7.97. The number of aromatic nitrogens is 2. The van der Waals surface area contributed by atoms with Gasteiger partial charge < -0.3 is 5.11 Å². The van der Waals surface area contributed by atoms with Gasteiger partial charge in [-0.25, -0.2) is 9.59 Å². The molecule has 0 fully saturated rings. The van der Waals surface area contributed by atoms with E-state index in [-0.39, 0.29) is 11.3 Å². The van der Waals surface area contributed by atoms with Gasteiger partial charge >= 0.3 is 11.7 Å². The van der Waals surface area contributed by atoms with Gasteiger partial charge in [-0.2, -0.15) is 0 Å². The van der Waals surface area contributed by atoms with Crippen LogP contribution in [0.15, 0.2) is 53.3 Å². The van der Waals surface area contributed by atoms with Crippen LogP contribution in [0, 0.1) is 5.92 Å². The summed E-state index contributed by atoms with van der Waals surface area (Å²) in [4.78, 5) is 24.2. The highest BCUT2D eigenvalue weighted by atomic mass is 16.4. The number of imidazole rings is 1. The van der Waals surface area contributed by atoms with Crippen LogP contribution >= 0.6 is 0 Å². The van der Waals surface area contributed by atoms with Gasteiger partial charge in [0.25, 0.3) is 0 Å². The Hall–Kier alpha value is -2.82. The molecule has 5 heteroatoms. The fourth-order valence-electron chi connectivity index (χ4n) is 2.91. The fraction of sp³-hybridized carbons (Fsp3) is 0.263. The number of carboxylic acid groups (broad SMARTS) is 1. The summed E-state index contributed by atoms with van der Waals surface area (Å²) in [5.74, 6) is -0.676. The SMILES string of the molecule is CC(C)Cn1c(=O)n(Cc2ccccc2)c2cc(C(=O)O)ccc21. The first kappa shape index (κ1) is 16.1. The number of carboxylic acids is 1. The standard InChI is InChI=1S/C19H20N2O3/c1-13(2)11-20-16-9-8-15(18(22)23)10-17(16)21(19(20)24)12-14-6-4-3-5-7-14/h3-10,13H,11-12H2,1-2H3,(H,22,23). The lowest BCUT2D eigenvalue weighted by atomic mass is 10.1. The molecule has 0 saturated carbocycles. The van der Waals surface area contributed by atoms with E-state index in [2.05, 4.69) is 13.8 Å². The van der Waals surface area contributed by atoms with Gasteiger partial charge in [-0.1, -0.05) is 44.2 Å². The first-order valence-corrected chi connectivity index (χ1v) is 7.97. The second-order valence-corrected chi connectivity index (χ2v) is 6.37. The molecule has 1 heterocycles. The summed E-state index contributed by atoms with van der Waals surface area (Å²) < 4.78 is 3.38. The van der Waals surface area contributed by atoms with E-state index in [0.29, 0.717) is 24.5 Å². The molecule has 0 aliphatic heterocycles. The molecule has 5 nitrogen and oxygen atoms in total. The van der Waals surface area contributed by atoms with E-state index < -0.39 is 5.97 Å². The minimum atomic E-state index is -0.993. The van der Waals surface area contributed by atoms with Crippen molar-refractivity contribution >= 4 is 17.0 Å². The Morgan fingerprint density at radius 1 is 1.04 bits per heavy atom. The van der Waals surface area contributed by atoms with Crippen LogP contribution < -0.4 is 5.69 Å². The van der Waals surface area contributed by atoms with Crippen LogP contribution in [-0.2, 0) is 13.1 Å². The lowest BCUT2D eigenvalue weighted by molar-refractivity contribution is 0.0697. The molecular formula is C19H20N2O3. The maximum absolute atomic E-state index is 12.9. The van der Waals surface area contributed by atoms with Crippen molar-refractivity contribution in [1.82, 2.24) is 9.13 Å². The van der Waals surface area contributed by atoms with E-state index in [1.807, 2.05) is 30.3 Å². The molecule has 1 N–H and O–H groups in total. The van der Waals surface area contributed by atoms with Crippen molar-refractivity contribution in [2.45, 2.75) is 26.9 Å². The maximum atomic E-state index is 12.9. The molecule has 0 aliphatic carbocycles. The number of carbonyl (C=O) groups is 1. The third-order valence-corrected chi connectivity index (χ3v) is 4.00. The number of benzene rings is 2. The first-order chi connectivity index (χ1) is 11.5. The minimum absolute atomic E-state index is 0.106. The third-order valence-electron chi connectivity index (χ3n) is 4.00. The quantitative estimate of drug-likeness (QED) is 0.784. The van der Waals surface area contributed by atoms with Gasteiger partial charge in [0.1, 0.15) is 0 Å². The summed E-state index contributed by atoms with van der Waals surface area (Å²) in [6.45, 7) is 5.13. The Balaban J connectivity index is 2.21. The van der Waals surface area contributed by atoms with Crippen molar-refractivity contribution in [2.24, 2.45) is 5.92 Å². The summed E-state index contributed by atoms with van der Waals surface area (Å²) in [6, 6.07) is 14.6. The highest BCUT2D eigenvalue weighted by molar-refractivity contribution is 5.92. The van der Waals surface area contributed by atoms with Crippen LogP contribution in [0.4, 0.5) is 0 Å². The van der Waals surface area contributed by atoms with Crippen molar-refractivity contribution in [1.29, 1.82) is 0 Å². The zero-order chi connectivity index (χ0) is 17.3. The molecule has 0 saturated heterocycles. The molecule has 24 heavy (non-hydrogen) atoms. The number of nitrogens with zero attached hydrogens (tertiary/aromatic N) is 2. The average Bonchev–Trinajstić information content (AvgIpc) is 2.80. The van der Waals surface area contributed by atoms with E-state index in [4.69, 9.17) is 0 Å². The van der Waals surface area contributed by atoms with Crippen molar-refractivity contribution in [2.75, 3.05) is 0 Å². The van der Waals surface area contributed by atoms with E-state index in [1.165, 1.54) is 0 Å². The maximum Gasteiger partial charge on any atom is 0.335 e. The minimum Gasteiger partial charge on any atom is -0.478 e. The summed E-state index contributed by atoms with van der Waals surface area (Å²) in [6.07, 6.45) is 0. The van der Waals surface area contributed by atoms with Crippen molar-refractivity contribution in [3.8, 4) is 0 Å². The molecule has 3 aromatic rings. The summed E-state index contributed by atoms with van der Waals surface area (Å²) in [5, 5.41) is 9.25. The summed E-state index contributed by atoms with van der Waals surface area (Å²) in [5.41, 5.74) is 2.51. The second-order valence-electron chi connectivity index (χ2n) is 6.37. The number of aromatic carboxylic acids is 1. The van der Waals surface area contributed by atoms with E-state index in [0.717, 1.165) is 11.1 Å². The lowest BCUT2D eigenvalue weighted by Crippen LogP contribution is -2.26. The summed E-state index contributed by atoms with van der Waals surface area (Å²) in [7, 11) is 0. The molecule has 0 spiro atoms. The van der Waals surface area contributed by atoms with E-state index >= 15 is 0 Å². The number of hydrogen-bond acceptors (Lipinski definition) is 2. The number of hydrogen-bond donors (Lipinski definition) is 1. The Kier molecular flexibility index (Phi) is 4.25. The van der Waals surface area contributed by atoms with Crippen molar-refractivity contribution < 1.29 is 9.90 Å². The van der Waals surface area contributed by atoms with Crippen LogP contribution in [0.25, 0.3) is 11.0 Å². The van der Waals surface area contributed by atoms with E-state index in [9.17, 15) is 14.7 Å². The predicted molar refractivity (Wildman–Crippen MR) is 93.5 cm³/mol. The fourth-order valence-corrected chi connectivity index (χ4v) is 2.91. The van der Waals surface area contributed by atoms with Crippen LogP contribution in [-0.4, -0.2) is 20.2 Å². The van der Waals surface area contributed by atoms with Crippen molar-refractivity contribution in [3.63, 3.8) is 0 Å². The van der Waals surface area contributed by atoms with Gasteiger partial charge in [0, 0.05) is 6.54 Å². The molecule has 1 aromatic heterocycles. The molecule has 0 bridgehead atoms. The highest BCUT2D eigenvalue weighted by Gasteiger charge is 2.16. The zero-order valence-electron chi connectivity index (χ0n) is 13.8. The van der Waals surface area contributed by atoms with Crippen LogP contribution in [0.3, 0.4) is 0 Å². The smallest absolute Gasteiger partial charge is 0.335 e. The van der Waals surface area contributed by atoms with Gasteiger partial charge in [0.15, 0.2) is 0 Å². The summed E-state index contributed by atoms with van der Waals surface area (Å²) >= 11 is 0. The lowest BCUT2D eigenvalue weighted by Gasteiger charge is -2.06. The molecule has 124 valence electrons. The van der Waals surface area contributed by atoms with Gasteiger partial charge in [-0.15, -0.1) is 0 Å². The Morgan fingerprint density at radius 3 is 2.38 bits per heavy atom. The Labute approximate surface area is 139 Å². The van der Waals surface area contributed by atoms with Gasteiger partial charge in [0.05, 0.1) is 23.1 Å². The third kappa shape index (κ3) is 2.97. The second kappa shape index (κ2) is 6.35. The Morgan fingerprint density at radius 2 is 1.75 bits per heavy atom. The topological polar surface area (TPSA) is 64.2 Å². The molecule has 2 aromatic carbocycles. The average molecular weight is 324 g/mol. The van der Waals surface area contributed by atoms with Crippen molar-refractivity contribution in [3.05, 3.63) is 70.1 Å².